The molecular formula is C14H23NO4. The minimum Gasteiger partial charge on any atom is -0.465 e. The second-order valence-electron chi connectivity index (χ2n) is 5.30. The van der Waals surface area contributed by atoms with Crippen molar-refractivity contribution in [3.05, 3.63) is 0 Å². The fourth-order valence-electron chi connectivity index (χ4n) is 3.63. The predicted octanol–water partition coefficient (Wildman–Crippen LogP) is 1.21. The Bertz CT molecular complexity index is 338. The number of fused-ring (bicyclic) bond motifs is 3. The Morgan fingerprint density at radius 2 is 1.58 bits per heavy atom. The van der Waals surface area contributed by atoms with Crippen molar-refractivity contribution >= 4 is 11.9 Å². The molecule has 1 unspecified atom stereocenters. The van der Waals surface area contributed by atoms with Gasteiger partial charge in [0.15, 0.2) is 5.41 Å². The van der Waals surface area contributed by atoms with E-state index in [0.29, 0.717) is 13.2 Å². The maximum atomic E-state index is 12.5. The maximum absolute atomic E-state index is 12.5. The van der Waals surface area contributed by atoms with Gasteiger partial charge in [0.25, 0.3) is 0 Å². The molecule has 3 aliphatic rings. The number of carbonyl (C=O) groups excluding carboxylic acids is 2. The van der Waals surface area contributed by atoms with Crippen molar-refractivity contribution in [3.8, 4) is 0 Å². The number of hydrogen-bond acceptors (Lipinski definition) is 5. The number of esters is 2. The van der Waals surface area contributed by atoms with Gasteiger partial charge in [-0.15, -0.1) is 0 Å². The van der Waals surface area contributed by atoms with Gasteiger partial charge in [-0.3, -0.25) is 14.5 Å². The summed E-state index contributed by atoms with van der Waals surface area (Å²) in [5, 5.41) is 0. The summed E-state index contributed by atoms with van der Waals surface area (Å²) in [7, 11) is 0. The van der Waals surface area contributed by atoms with Gasteiger partial charge in [0.2, 0.25) is 0 Å². The first-order valence-corrected chi connectivity index (χ1v) is 7.17. The van der Waals surface area contributed by atoms with Crippen molar-refractivity contribution in [2.75, 3.05) is 26.3 Å². The highest BCUT2D eigenvalue weighted by Gasteiger charge is 2.63. The predicted molar refractivity (Wildman–Crippen MR) is 69.5 cm³/mol. The molecule has 3 heterocycles. The molecule has 0 aromatic rings. The molecule has 5 heteroatoms. The number of hydrogen-bond donors (Lipinski definition) is 0. The smallest absolute Gasteiger partial charge is 0.325 e. The zero-order valence-corrected chi connectivity index (χ0v) is 12.0. The largest absolute Gasteiger partial charge is 0.465 e. The highest BCUT2D eigenvalue weighted by Crippen LogP contribution is 2.48. The number of ether oxygens (including phenoxy) is 2. The molecule has 0 amide bonds. The van der Waals surface area contributed by atoms with Crippen LogP contribution in [-0.2, 0) is 19.1 Å². The fraction of sp³-hybridized carbons (Fsp3) is 0.857. The molecule has 3 aliphatic heterocycles. The van der Waals surface area contributed by atoms with Gasteiger partial charge in [-0.25, -0.2) is 0 Å². The molecule has 0 aromatic carbocycles. The van der Waals surface area contributed by atoms with Gasteiger partial charge in [-0.1, -0.05) is 0 Å². The molecule has 0 aromatic heterocycles. The van der Waals surface area contributed by atoms with E-state index >= 15 is 0 Å². The molecule has 108 valence electrons. The van der Waals surface area contributed by atoms with Crippen molar-refractivity contribution in [1.82, 2.24) is 4.90 Å². The Balaban J connectivity index is 2.38. The summed E-state index contributed by atoms with van der Waals surface area (Å²) in [6.07, 6.45) is 1.73. The molecule has 0 radical (unpaired) electrons. The summed E-state index contributed by atoms with van der Waals surface area (Å²) >= 11 is 0. The van der Waals surface area contributed by atoms with E-state index in [4.69, 9.17) is 9.47 Å². The molecule has 2 bridgehead atoms. The van der Waals surface area contributed by atoms with E-state index in [0.717, 1.165) is 25.9 Å². The van der Waals surface area contributed by atoms with E-state index in [1.807, 2.05) is 6.92 Å². The minimum absolute atomic E-state index is 0.0469. The van der Waals surface area contributed by atoms with Gasteiger partial charge < -0.3 is 9.47 Å². The second kappa shape index (κ2) is 5.49. The molecule has 19 heavy (non-hydrogen) atoms. The Morgan fingerprint density at radius 3 is 1.95 bits per heavy atom. The highest BCUT2D eigenvalue weighted by molar-refractivity contribution is 6.01. The lowest BCUT2D eigenvalue weighted by atomic mass is 9.62. The first kappa shape index (κ1) is 14.3. The molecule has 1 atom stereocenters. The van der Waals surface area contributed by atoms with Gasteiger partial charge in [0, 0.05) is 6.04 Å². The van der Waals surface area contributed by atoms with Crippen LogP contribution < -0.4 is 0 Å². The summed E-state index contributed by atoms with van der Waals surface area (Å²) in [4.78, 5) is 27.2. The molecule has 5 nitrogen and oxygen atoms in total. The number of rotatable bonds is 4. The maximum Gasteiger partial charge on any atom is 0.325 e. The van der Waals surface area contributed by atoms with Crippen molar-refractivity contribution in [2.24, 2.45) is 11.3 Å². The van der Waals surface area contributed by atoms with Crippen LogP contribution in [0.15, 0.2) is 0 Å². The van der Waals surface area contributed by atoms with Crippen LogP contribution in [0.1, 0.15) is 33.6 Å². The monoisotopic (exact) mass is 269 g/mol. The Hall–Kier alpha value is -1.10. The molecule has 0 aliphatic carbocycles. The molecule has 3 saturated heterocycles. The summed E-state index contributed by atoms with van der Waals surface area (Å²) < 4.78 is 10.4. The topological polar surface area (TPSA) is 55.8 Å². The molecule has 0 N–H and O–H groups in total. The van der Waals surface area contributed by atoms with Crippen LogP contribution in [-0.4, -0.2) is 49.2 Å². The lowest BCUT2D eigenvalue weighted by molar-refractivity contribution is -0.194. The van der Waals surface area contributed by atoms with E-state index in [1.54, 1.807) is 13.8 Å². The minimum atomic E-state index is -1.12. The number of carbonyl (C=O) groups is 2. The quantitative estimate of drug-likeness (QED) is 0.567. The third kappa shape index (κ3) is 2.04. The molecule has 3 fully saturated rings. The molecule has 3 rings (SSSR count). The van der Waals surface area contributed by atoms with Crippen LogP contribution in [0.2, 0.25) is 0 Å². The van der Waals surface area contributed by atoms with Crippen LogP contribution in [0, 0.1) is 11.3 Å². The Kier molecular flexibility index (Phi) is 4.13. The third-order valence-corrected chi connectivity index (χ3v) is 4.61. The van der Waals surface area contributed by atoms with Crippen LogP contribution in [0.25, 0.3) is 0 Å². The van der Waals surface area contributed by atoms with Crippen molar-refractivity contribution in [2.45, 2.75) is 39.7 Å². The van der Waals surface area contributed by atoms with E-state index in [-0.39, 0.29) is 12.0 Å². The number of nitrogens with zero attached hydrogens (tertiary/aromatic N) is 1. The van der Waals surface area contributed by atoms with E-state index in [2.05, 4.69) is 4.90 Å². The number of piperidine rings is 3. The first-order chi connectivity index (χ1) is 9.08. The van der Waals surface area contributed by atoms with Gasteiger partial charge in [-0.2, -0.15) is 0 Å². The van der Waals surface area contributed by atoms with Crippen molar-refractivity contribution in [3.63, 3.8) is 0 Å². The summed E-state index contributed by atoms with van der Waals surface area (Å²) in [6.45, 7) is 7.96. The van der Waals surface area contributed by atoms with Crippen molar-refractivity contribution in [1.29, 1.82) is 0 Å². The van der Waals surface area contributed by atoms with Crippen LogP contribution in [0.5, 0.6) is 0 Å². The zero-order valence-electron chi connectivity index (χ0n) is 12.0. The van der Waals surface area contributed by atoms with Crippen LogP contribution in [0.4, 0.5) is 0 Å². The Morgan fingerprint density at radius 1 is 1.11 bits per heavy atom. The summed E-state index contributed by atoms with van der Waals surface area (Å²) in [5.41, 5.74) is -1.12. The van der Waals surface area contributed by atoms with Gasteiger partial charge in [0.05, 0.1) is 13.2 Å². The van der Waals surface area contributed by atoms with Crippen molar-refractivity contribution < 1.29 is 19.1 Å². The SMILES string of the molecule is CCOC(=O)C1(C(=O)OCC)C2CCN(CC2)C1C. The van der Waals surface area contributed by atoms with E-state index < -0.39 is 17.4 Å². The molecule has 0 saturated carbocycles. The second-order valence-corrected chi connectivity index (χ2v) is 5.30. The van der Waals surface area contributed by atoms with Gasteiger partial charge in [0.1, 0.15) is 0 Å². The normalized spacial score (nSPS) is 31.8. The van der Waals surface area contributed by atoms with E-state index in [1.165, 1.54) is 0 Å². The lowest BCUT2D eigenvalue weighted by Gasteiger charge is -2.54. The van der Waals surface area contributed by atoms with Crippen LogP contribution in [0.3, 0.4) is 0 Å². The first-order valence-electron chi connectivity index (χ1n) is 7.17. The van der Waals surface area contributed by atoms with Gasteiger partial charge >= 0.3 is 11.9 Å². The van der Waals surface area contributed by atoms with Gasteiger partial charge in [-0.05, 0) is 52.6 Å². The molecule has 0 spiro atoms. The van der Waals surface area contributed by atoms with Crippen LogP contribution >= 0.6 is 0 Å². The standard InChI is InChI=1S/C14H23NO4/c1-4-18-12(16)14(13(17)19-5-2)10(3)15-8-6-11(14)7-9-15/h10-11H,4-9H2,1-3H3. The van der Waals surface area contributed by atoms with E-state index in [9.17, 15) is 9.59 Å². The average molecular weight is 269 g/mol. The molecular weight excluding hydrogens is 246 g/mol. The lowest BCUT2D eigenvalue weighted by Crippen LogP contribution is -2.67. The fourth-order valence-corrected chi connectivity index (χ4v) is 3.63. The average Bonchev–Trinajstić information content (AvgIpc) is 2.40. The zero-order chi connectivity index (χ0) is 14.0. The third-order valence-electron chi connectivity index (χ3n) is 4.61. The Labute approximate surface area is 114 Å². The summed E-state index contributed by atoms with van der Waals surface area (Å²) in [6, 6.07) is -0.141. The highest BCUT2D eigenvalue weighted by atomic mass is 16.6. The summed E-state index contributed by atoms with van der Waals surface area (Å²) in [5.74, 6) is -0.767.